The Morgan fingerprint density at radius 2 is 1.69 bits per heavy atom. The fraction of sp³-hybridized carbons (Fsp3) is 0.640. The number of carbonyl (C=O) groups is 3. The van der Waals surface area contributed by atoms with Crippen LogP contribution in [0, 0.1) is 0 Å². The van der Waals surface area contributed by atoms with Gasteiger partial charge in [0.15, 0.2) is 0 Å². The van der Waals surface area contributed by atoms with E-state index in [-0.39, 0.29) is 29.2 Å². The van der Waals surface area contributed by atoms with E-state index in [4.69, 9.17) is 4.74 Å². The average molecular weight is 440 g/mol. The van der Waals surface area contributed by atoms with Crippen LogP contribution >= 0.6 is 0 Å². The lowest BCUT2D eigenvalue weighted by Gasteiger charge is -2.36. The van der Waals surface area contributed by atoms with E-state index in [0.717, 1.165) is 37.9 Å². The molecule has 1 aromatic rings. The Morgan fingerprint density at radius 1 is 0.969 bits per heavy atom. The zero-order valence-corrected chi connectivity index (χ0v) is 19.0. The average Bonchev–Trinajstić information content (AvgIpc) is 3.46. The molecule has 1 atom stereocenters. The molecule has 1 spiro atoms. The summed E-state index contributed by atoms with van der Waals surface area (Å²) in [6.07, 6.45) is 7.17. The van der Waals surface area contributed by atoms with Crippen molar-refractivity contribution in [1.29, 1.82) is 0 Å². The SMILES string of the molecule is CC(=O)N1CC2(CCCCC2)c2cc(C(=O)N3CCN(C(=O)[C@H]4CCCO4)CC3)ccc21. The molecule has 3 fully saturated rings. The molecule has 2 saturated heterocycles. The highest BCUT2D eigenvalue weighted by Crippen LogP contribution is 2.49. The Hall–Kier alpha value is -2.41. The molecule has 32 heavy (non-hydrogen) atoms. The third-order valence-corrected chi connectivity index (χ3v) is 7.84. The summed E-state index contributed by atoms with van der Waals surface area (Å²) in [6, 6.07) is 5.88. The van der Waals surface area contributed by atoms with Gasteiger partial charge in [0.1, 0.15) is 6.10 Å². The Morgan fingerprint density at radius 3 is 2.34 bits per heavy atom. The molecule has 1 aromatic carbocycles. The molecule has 0 N–H and O–H groups in total. The van der Waals surface area contributed by atoms with E-state index in [9.17, 15) is 14.4 Å². The van der Waals surface area contributed by atoms with E-state index in [2.05, 4.69) is 6.07 Å². The molecule has 4 aliphatic rings. The third kappa shape index (κ3) is 3.70. The molecule has 3 heterocycles. The van der Waals surface area contributed by atoms with Crippen LogP contribution in [0.25, 0.3) is 0 Å². The zero-order chi connectivity index (χ0) is 22.3. The van der Waals surface area contributed by atoms with Crippen molar-refractivity contribution in [2.75, 3.05) is 44.2 Å². The minimum absolute atomic E-state index is 0.0120. The molecule has 0 radical (unpaired) electrons. The summed E-state index contributed by atoms with van der Waals surface area (Å²) in [7, 11) is 0. The van der Waals surface area contributed by atoms with Crippen LogP contribution in [0.4, 0.5) is 5.69 Å². The monoisotopic (exact) mass is 439 g/mol. The van der Waals surface area contributed by atoms with Crippen molar-refractivity contribution in [3.63, 3.8) is 0 Å². The van der Waals surface area contributed by atoms with Crippen molar-refractivity contribution in [3.8, 4) is 0 Å². The molecule has 1 aliphatic carbocycles. The lowest BCUT2D eigenvalue weighted by atomic mass is 9.70. The van der Waals surface area contributed by atoms with Gasteiger partial charge in [-0.15, -0.1) is 0 Å². The Bertz CT molecular complexity index is 910. The van der Waals surface area contributed by atoms with Crippen molar-refractivity contribution in [2.45, 2.75) is 63.4 Å². The summed E-state index contributed by atoms with van der Waals surface area (Å²) < 4.78 is 5.53. The van der Waals surface area contributed by atoms with Gasteiger partial charge in [-0.2, -0.15) is 0 Å². The molecule has 7 nitrogen and oxygen atoms in total. The first kappa shape index (κ1) is 21.4. The first-order valence-electron chi connectivity index (χ1n) is 12.1. The number of nitrogens with zero attached hydrogens (tertiary/aromatic N) is 3. The highest BCUT2D eigenvalue weighted by molar-refractivity contribution is 5.98. The number of ether oxygens (including phenoxy) is 1. The van der Waals surface area contributed by atoms with Gasteiger partial charge in [0.05, 0.1) is 0 Å². The Labute approximate surface area is 189 Å². The summed E-state index contributed by atoms with van der Waals surface area (Å²) >= 11 is 0. The van der Waals surface area contributed by atoms with E-state index in [1.807, 2.05) is 26.8 Å². The summed E-state index contributed by atoms with van der Waals surface area (Å²) in [4.78, 5) is 43.8. The van der Waals surface area contributed by atoms with Crippen LogP contribution in [-0.4, -0.2) is 73.0 Å². The second-order valence-electron chi connectivity index (χ2n) is 9.80. The number of fused-ring (bicyclic) bond motifs is 2. The van der Waals surface area contributed by atoms with Crippen molar-refractivity contribution < 1.29 is 19.1 Å². The number of amides is 3. The number of anilines is 1. The standard InChI is InChI=1S/C25H33N3O4/c1-18(29)28-17-25(9-3-2-4-10-25)20-16-19(7-8-21(20)28)23(30)26-11-13-27(14-12-26)24(31)22-6-5-15-32-22/h7-8,16,22H,2-6,9-15,17H2,1H3/t22-/m1/s1. The first-order valence-corrected chi connectivity index (χ1v) is 12.1. The molecule has 0 bridgehead atoms. The van der Waals surface area contributed by atoms with Gasteiger partial charge in [-0.25, -0.2) is 0 Å². The predicted molar refractivity (Wildman–Crippen MR) is 121 cm³/mol. The number of hydrogen-bond acceptors (Lipinski definition) is 4. The van der Waals surface area contributed by atoms with Crippen LogP contribution in [0.1, 0.15) is 67.8 Å². The van der Waals surface area contributed by atoms with Gasteiger partial charge in [-0.05, 0) is 49.4 Å². The second kappa shape index (κ2) is 8.50. The largest absolute Gasteiger partial charge is 0.368 e. The van der Waals surface area contributed by atoms with Crippen LogP contribution in [0.3, 0.4) is 0 Å². The van der Waals surface area contributed by atoms with Gasteiger partial charge in [-0.3, -0.25) is 14.4 Å². The van der Waals surface area contributed by atoms with Crippen LogP contribution in [-0.2, 0) is 19.7 Å². The summed E-state index contributed by atoms with van der Waals surface area (Å²) in [5.74, 6) is 0.153. The molecule has 1 saturated carbocycles. The molecule has 7 heteroatoms. The minimum atomic E-state index is -0.301. The van der Waals surface area contributed by atoms with E-state index in [0.29, 0.717) is 38.3 Å². The smallest absolute Gasteiger partial charge is 0.253 e. The third-order valence-electron chi connectivity index (χ3n) is 7.84. The first-order chi connectivity index (χ1) is 15.5. The molecule has 0 unspecified atom stereocenters. The van der Waals surface area contributed by atoms with Crippen molar-refractivity contribution in [1.82, 2.24) is 9.80 Å². The lowest BCUT2D eigenvalue weighted by Crippen LogP contribution is -2.52. The maximum atomic E-state index is 13.3. The van der Waals surface area contributed by atoms with E-state index in [1.54, 1.807) is 6.92 Å². The van der Waals surface area contributed by atoms with Gasteiger partial charge in [0, 0.05) is 62.9 Å². The molecule has 0 aromatic heterocycles. The predicted octanol–water partition coefficient (Wildman–Crippen LogP) is 2.72. The van der Waals surface area contributed by atoms with Crippen molar-refractivity contribution >= 4 is 23.4 Å². The van der Waals surface area contributed by atoms with E-state index >= 15 is 0 Å². The van der Waals surface area contributed by atoms with E-state index < -0.39 is 0 Å². The molecule has 3 amide bonds. The van der Waals surface area contributed by atoms with Gasteiger partial charge in [0.2, 0.25) is 5.91 Å². The highest BCUT2D eigenvalue weighted by Gasteiger charge is 2.45. The van der Waals surface area contributed by atoms with E-state index in [1.165, 1.54) is 24.8 Å². The number of benzene rings is 1. The number of rotatable bonds is 2. The second-order valence-corrected chi connectivity index (χ2v) is 9.80. The normalized spacial score (nSPS) is 24.7. The molecule has 3 aliphatic heterocycles. The summed E-state index contributed by atoms with van der Waals surface area (Å²) in [5.41, 5.74) is 2.83. The number of piperazine rings is 1. The molecular formula is C25H33N3O4. The van der Waals surface area contributed by atoms with Crippen molar-refractivity contribution in [2.24, 2.45) is 0 Å². The van der Waals surface area contributed by atoms with Crippen LogP contribution in [0.15, 0.2) is 18.2 Å². The number of carbonyl (C=O) groups excluding carboxylic acids is 3. The van der Waals surface area contributed by atoms with Gasteiger partial charge < -0.3 is 19.4 Å². The van der Waals surface area contributed by atoms with Gasteiger partial charge in [-0.1, -0.05) is 19.3 Å². The fourth-order valence-corrected chi connectivity index (χ4v) is 6.03. The maximum Gasteiger partial charge on any atom is 0.253 e. The fourth-order valence-electron chi connectivity index (χ4n) is 6.03. The zero-order valence-electron chi connectivity index (χ0n) is 19.0. The van der Waals surface area contributed by atoms with Gasteiger partial charge >= 0.3 is 0 Å². The Kier molecular flexibility index (Phi) is 5.70. The topological polar surface area (TPSA) is 70.2 Å². The quantitative estimate of drug-likeness (QED) is 0.711. The van der Waals surface area contributed by atoms with Crippen LogP contribution < -0.4 is 4.90 Å². The summed E-state index contributed by atoms with van der Waals surface area (Å²) in [5, 5.41) is 0. The maximum absolute atomic E-state index is 13.3. The minimum Gasteiger partial charge on any atom is -0.368 e. The summed E-state index contributed by atoms with van der Waals surface area (Å²) in [6.45, 7) is 5.21. The van der Waals surface area contributed by atoms with Gasteiger partial charge in [0.25, 0.3) is 11.8 Å². The van der Waals surface area contributed by atoms with Crippen molar-refractivity contribution in [3.05, 3.63) is 29.3 Å². The molecule has 172 valence electrons. The lowest BCUT2D eigenvalue weighted by molar-refractivity contribution is -0.142. The van der Waals surface area contributed by atoms with Crippen LogP contribution in [0.5, 0.6) is 0 Å². The highest BCUT2D eigenvalue weighted by atomic mass is 16.5. The molecular weight excluding hydrogens is 406 g/mol. The van der Waals surface area contributed by atoms with Crippen LogP contribution in [0.2, 0.25) is 0 Å². The Balaban J connectivity index is 1.31. The molecule has 5 rings (SSSR count). The number of hydrogen-bond donors (Lipinski definition) is 0.